The van der Waals surface area contributed by atoms with E-state index >= 15 is 0 Å². The van der Waals surface area contributed by atoms with Gasteiger partial charge in [-0.25, -0.2) is 0 Å². The Hall–Kier alpha value is -2.99. The zero-order chi connectivity index (χ0) is 22.5. The lowest BCUT2D eigenvalue weighted by molar-refractivity contribution is -0.919. The fourth-order valence-corrected chi connectivity index (χ4v) is 3.92. The Kier molecular flexibility index (Phi) is 7.23. The summed E-state index contributed by atoms with van der Waals surface area (Å²) in [7, 11) is 1.54. The van der Waals surface area contributed by atoms with Gasteiger partial charge >= 0.3 is 0 Å². The molecule has 0 spiro atoms. The van der Waals surface area contributed by atoms with Crippen LogP contribution in [0.4, 0.5) is 0 Å². The lowest BCUT2D eigenvalue weighted by atomic mass is 10.1. The number of phenolic OH excluding ortho intramolecular Hbond substituents is 1. The van der Waals surface area contributed by atoms with Gasteiger partial charge in [0.1, 0.15) is 18.6 Å². The fraction of sp³-hybridized carbons (Fsp3) is 0.400. The second kappa shape index (κ2) is 9.88. The van der Waals surface area contributed by atoms with Crippen molar-refractivity contribution in [2.75, 3.05) is 20.2 Å². The molecule has 3 aromatic rings. The molecule has 0 aliphatic carbocycles. The molecule has 0 aliphatic heterocycles. The first-order valence-electron chi connectivity index (χ1n) is 10.7. The summed E-state index contributed by atoms with van der Waals surface area (Å²) in [5.41, 5.74) is 0.764. The van der Waals surface area contributed by atoms with E-state index in [9.17, 15) is 9.90 Å². The first-order valence-corrected chi connectivity index (χ1v) is 10.7. The van der Waals surface area contributed by atoms with Crippen molar-refractivity contribution in [2.24, 2.45) is 11.8 Å². The maximum absolute atomic E-state index is 13.1. The number of nitrogens with one attached hydrogen (secondary N) is 1. The van der Waals surface area contributed by atoms with Crippen molar-refractivity contribution in [3.05, 3.63) is 58.4 Å². The molecule has 0 atom stereocenters. The number of rotatable bonds is 9. The molecule has 2 aromatic carbocycles. The van der Waals surface area contributed by atoms with Crippen LogP contribution in [0.1, 0.15) is 33.3 Å². The van der Waals surface area contributed by atoms with Crippen molar-refractivity contribution in [2.45, 2.75) is 34.2 Å². The average Bonchev–Trinajstić information content (AvgIpc) is 2.71. The van der Waals surface area contributed by atoms with Gasteiger partial charge in [0.15, 0.2) is 17.1 Å². The van der Waals surface area contributed by atoms with Gasteiger partial charge in [-0.15, -0.1) is 0 Å². The molecule has 0 fully saturated rings. The summed E-state index contributed by atoms with van der Waals surface area (Å²) >= 11 is 0. The van der Waals surface area contributed by atoms with Gasteiger partial charge in [0.2, 0.25) is 11.2 Å². The Labute approximate surface area is 183 Å². The lowest BCUT2D eigenvalue weighted by Crippen LogP contribution is -3.11. The van der Waals surface area contributed by atoms with Crippen LogP contribution in [-0.2, 0) is 6.54 Å². The number of ether oxygens (including phenoxy) is 2. The second-order valence-corrected chi connectivity index (χ2v) is 8.74. The van der Waals surface area contributed by atoms with Crippen LogP contribution in [0.2, 0.25) is 0 Å². The van der Waals surface area contributed by atoms with Gasteiger partial charge in [-0.3, -0.25) is 4.79 Å². The van der Waals surface area contributed by atoms with Crippen molar-refractivity contribution in [3.63, 3.8) is 0 Å². The SMILES string of the molecule is COc1ccccc1Oc1coc2c(C[NH+](CC(C)C)CC(C)C)c(O)ccc2c1=O. The number of hydrogen-bond donors (Lipinski definition) is 2. The number of quaternary nitrogens is 1. The summed E-state index contributed by atoms with van der Waals surface area (Å²) in [4.78, 5) is 14.5. The third kappa shape index (κ3) is 5.39. The van der Waals surface area contributed by atoms with Crippen LogP contribution < -0.4 is 19.8 Å². The van der Waals surface area contributed by atoms with Gasteiger partial charge in [-0.05, 0) is 24.3 Å². The normalized spacial score (nSPS) is 11.6. The minimum atomic E-state index is -0.289. The highest BCUT2D eigenvalue weighted by Crippen LogP contribution is 2.32. The van der Waals surface area contributed by atoms with Crippen LogP contribution >= 0.6 is 0 Å². The molecular formula is C25H32NO5+. The van der Waals surface area contributed by atoms with E-state index in [1.165, 1.54) is 11.2 Å². The summed E-state index contributed by atoms with van der Waals surface area (Å²) in [5.74, 6) is 2.19. The Bertz CT molecular complexity index is 1080. The molecule has 2 N–H and O–H groups in total. The van der Waals surface area contributed by atoms with E-state index in [2.05, 4.69) is 27.7 Å². The Balaban J connectivity index is 2.00. The Morgan fingerprint density at radius 2 is 1.61 bits per heavy atom. The van der Waals surface area contributed by atoms with E-state index < -0.39 is 0 Å². The summed E-state index contributed by atoms with van der Waals surface area (Å²) in [6.07, 6.45) is 1.31. The summed E-state index contributed by atoms with van der Waals surface area (Å²) in [5, 5.41) is 10.9. The molecule has 0 bridgehead atoms. The Morgan fingerprint density at radius 3 is 2.23 bits per heavy atom. The third-order valence-corrected chi connectivity index (χ3v) is 5.10. The van der Waals surface area contributed by atoms with Crippen LogP contribution in [0.15, 0.2) is 51.9 Å². The predicted octanol–water partition coefficient (Wildman–Crippen LogP) is 4.00. The molecular weight excluding hydrogens is 394 g/mol. The number of aromatic hydroxyl groups is 1. The van der Waals surface area contributed by atoms with Crippen LogP contribution in [0, 0.1) is 11.8 Å². The topological polar surface area (TPSA) is 73.3 Å². The van der Waals surface area contributed by atoms with Gasteiger partial charge in [-0.2, -0.15) is 0 Å². The largest absolute Gasteiger partial charge is 0.507 e. The molecule has 0 saturated heterocycles. The highest BCUT2D eigenvalue weighted by molar-refractivity contribution is 5.82. The molecule has 0 amide bonds. The van der Waals surface area contributed by atoms with Gasteiger partial charge < -0.3 is 23.9 Å². The van der Waals surface area contributed by atoms with E-state index in [0.29, 0.717) is 46.4 Å². The average molecular weight is 427 g/mol. The molecule has 0 aliphatic rings. The number of methoxy groups -OCH3 is 1. The number of benzene rings is 2. The third-order valence-electron chi connectivity index (χ3n) is 5.10. The molecule has 6 heteroatoms. The van der Waals surface area contributed by atoms with Gasteiger partial charge in [-0.1, -0.05) is 39.8 Å². The van der Waals surface area contributed by atoms with E-state index in [1.807, 2.05) is 6.07 Å². The number of para-hydroxylation sites is 2. The first kappa shape index (κ1) is 22.7. The molecule has 0 unspecified atom stereocenters. The molecule has 0 radical (unpaired) electrons. The molecule has 0 saturated carbocycles. The molecule has 166 valence electrons. The molecule has 6 nitrogen and oxygen atoms in total. The summed E-state index contributed by atoms with van der Waals surface area (Å²) < 4.78 is 16.9. The Morgan fingerprint density at radius 1 is 0.968 bits per heavy atom. The molecule has 1 heterocycles. The first-order chi connectivity index (χ1) is 14.8. The van der Waals surface area contributed by atoms with E-state index in [-0.39, 0.29) is 16.9 Å². The van der Waals surface area contributed by atoms with Crippen LogP contribution in [0.3, 0.4) is 0 Å². The highest BCUT2D eigenvalue weighted by atomic mass is 16.5. The quantitative estimate of drug-likeness (QED) is 0.541. The maximum Gasteiger partial charge on any atom is 0.235 e. The molecule has 31 heavy (non-hydrogen) atoms. The standard InChI is InChI=1S/C25H31NO5/c1-16(2)12-26(13-17(3)4)14-19-20(27)11-10-18-24(28)23(15-30-25(18)19)31-22-9-7-6-8-21(22)29-5/h6-11,15-17,27H,12-14H2,1-5H3/p+1. The monoisotopic (exact) mass is 426 g/mol. The van der Waals surface area contributed by atoms with Gasteiger partial charge in [0.25, 0.3) is 0 Å². The maximum atomic E-state index is 13.1. The number of hydrogen-bond acceptors (Lipinski definition) is 5. The minimum Gasteiger partial charge on any atom is -0.507 e. The van der Waals surface area contributed by atoms with Crippen LogP contribution in [-0.4, -0.2) is 25.3 Å². The van der Waals surface area contributed by atoms with Crippen LogP contribution in [0.25, 0.3) is 11.0 Å². The summed E-state index contributed by atoms with van der Waals surface area (Å²) in [6.45, 7) is 11.3. The highest BCUT2D eigenvalue weighted by Gasteiger charge is 2.21. The van der Waals surface area contributed by atoms with Crippen molar-refractivity contribution < 1.29 is 23.9 Å². The van der Waals surface area contributed by atoms with E-state index in [4.69, 9.17) is 13.9 Å². The lowest BCUT2D eigenvalue weighted by Gasteiger charge is -2.24. The van der Waals surface area contributed by atoms with Gasteiger partial charge in [0.05, 0.1) is 31.1 Å². The van der Waals surface area contributed by atoms with Gasteiger partial charge in [0, 0.05) is 11.8 Å². The number of fused-ring (bicyclic) bond motifs is 1. The zero-order valence-electron chi connectivity index (χ0n) is 18.9. The second-order valence-electron chi connectivity index (χ2n) is 8.74. The van der Waals surface area contributed by atoms with E-state index in [0.717, 1.165) is 13.1 Å². The smallest absolute Gasteiger partial charge is 0.235 e. The van der Waals surface area contributed by atoms with Crippen molar-refractivity contribution in [1.29, 1.82) is 0 Å². The number of phenols is 1. The van der Waals surface area contributed by atoms with E-state index in [1.54, 1.807) is 37.4 Å². The van der Waals surface area contributed by atoms with Crippen LogP contribution in [0.5, 0.6) is 23.0 Å². The van der Waals surface area contributed by atoms with Crippen molar-refractivity contribution in [3.8, 4) is 23.0 Å². The molecule has 3 rings (SSSR count). The fourth-order valence-electron chi connectivity index (χ4n) is 3.92. The zero-order valence-corrected chi connectivity index (χ0v) is 18.9. The molecule has 1 aromatic heterocycles. The van der Waals surface area contributed by atoms with Crippen molar-refractivity contribution >= 4 is 11.0 Å². The minimum absolute atomic E-state index is 0.0715. The van der Waals surface area contributed by atoms with Crippen molar-refractivity contribution in [1.82, 2.24) is 0 Å². The summed E-state index contributed by atoms with van der Waals surface area (Å²) in [6, 6.07) is 10.3. The predicted molar refractivity (Wildman–Crippen MR) is 121 cm³/mol.